The van der Waals surface area contributed by atoms with E-state index >= 15 is 0 Å². The van der Waals surface area contributed by atoms with Crippen LogP contribution in [0.25, 0.3) is 11.0 Å². The molecule has 0 saturated carbocycles. The Morgan fingerprint density at radius 2 is 1.93 bits per heavy atom. The molecule has 0 aliphatic rings. The number of carboxylic acids is 1. The van der Waals surface area contributed by atoms with Crippen molar-refractivity contribution < 1.29 is 14.7 Å². The molecular weight excluding hydrogens is 360 g/mol. The Morgan fingerprint density at radius 1 is 1.25 bits per heavy atom. The molecule has 3 aromatic rings. The van der Waals surface area contributed by atoms with Gasteiger partial charge < -0.3 is 10.4 Å². The minimum absolute atomic E-state index is 0.0935. The summed E-state index contributed by atoms with van der Waals surface area (Å²) in [6, 6.07) is 7.45. The number of carbonyl (C=O) groups is 2. The van der Waals surface area contributed by atoms with Gasteiger partial charge in [0.05, 0.1) is 5.39 Å². The molecule has 2 heterocycles. The minimum atomic E-state index is -1.12. The fourth-order valence-electron chi connectivity index (χ4n) is 3.42. The average molecular weight is 382 g/mol. The van der Waals surface area contributed by atoms with Crippen LogP contribution in [0.5, 0.6) is 0 Å². The summed E-state index contributed by atoms with van der Waals surface area (Å²) in [5.74, 6) is -1.50. The van der Waals surface area contributed by atoms with Gasteiger partial charge >= 0.3 is 5.97 Å². The number of aliphatic carboxylic acids is 1. The molecule has 1 aromatic carbocycles. The Hall–Kier alpha value is -3.42. The SMILES string of the molecule is Cc1nc2c(c(C)c1CCC(=O)N[C@@H](C(=O)O)c1ccccc1)c(=O)[nH]n2C. The zero-order chi connectivity index (χ0) is 20.4. The van der Waals surface area contributed by atoms with Crippen molar-refractivity contribution in [2.45, 2.75) is 32.7 Å². The summed E-state index contributed by atoms with van der Waals surface area (Å²) in [7, 11) is 1.72. The highest BCUT2D eigenvalue weighted by atomic mass is 16.4. The topological polar surface area (TPSA) is 117 Å². The van der Waals surface area contributed by atoms with Crippen molar-refractivity contribution in [3.05, 3.63) is 63.1 Å². The number of H-pyrrole nitrogens is 1. The van der Waals surface area contributed by atoms with Crippen LogP contribution in [0.15, 0.2) is 35.1 Å². The number of aromatic nitrogens is 3. The van der Waals surface area contributed by atoms with E-state index in [4.69, 9.17) is 0 Å². The van der Waals surface area contributed by atoms with Crippen LogP contribution in [-0.4, -0.2) is 31.7 Å². The number of aryl methyl sites for hydroxylation is 3. The van der Waals surface area contributed by atoms with E-state index in [1.54, 1.807) is 42.1 Å². The van der Waals surface area contributed by atoms with Gasteiger partial charge in [-0.2, -0.15) is 0 Å². The van der Waals surface area contributed by atoms with Gasteiger partial charge in [-0.25, -0.2) is 9.78 Å². The van der Waals surface area contributed by atoms with Crippen LogP contribution < -0.4 is 10.9 Å². The lowest BCUT2D eigenvalue weighted by atomic mass is 10.00. The fourth-order valence-corrected chi connectivity index (χ4v) is 3.42. The number of carbonyl (C=O) groups excluding carboxylic acids is 1. The Bertz CT molecular complexity index is 1100. The molecule has 28 heavy (non-hydrogen) atoms. The lowest BCUT2D eigenvalue weighted by molar-refractivity contribution is -0.142. The number of fused-ring (bicyclic) bond motifs is 1. The van der Waals surface area contributed by atoms with Crippen LogP contribution in [0.2, 0.25) is 0 Å². The molecule has 0 fully saturated rings. The second-order valence-corrected chi connectivity index (χ2v) is 6.75. The maximum absolute atomic E-state index is 12.4. The van der Waals surface area contributed by atoms with E-state index < -0.39 is 12.0 Å². The normalized spacial score (nSPS) is 12.1. The number of hydrogen-bond donors (Lipinski definition) is 3. The summed E-state index contributed by atoms with van der Waals surface area (Å²) >= 11 is 0. The Balaban J connectivity index is 1.78. The third-order valence-corrected chi connectivity index (χ3v) is 4.86. The van der Waals surface area contributed by atoms with Gasteiger partial charge in [-0.1, -0.05) is 30.3 Å². The van der Waals surface area contributed by atoms with E-state index in [1.165, 1.54) is 0 Å². The number of amides is 1. The highest BCUT2D eigenvalue weighted by molar-refractivity contribution is 5.85. The molecule has 0 unspecified atom stereocenters. The van der Waals surface area contributed by atoms with Crippen LogP contribution in [0.3, 0.4) is 0 Å². The van der Waals surface area contributed by atoms with E-state index in [9.17, 15) is 19.5 Å². The predicted octanol–water partition coefficient (Wildman–Crippen LogP) is 1.75. The van der Waals surface area contributed by atoms with Crippen LogP contribution in [0.1, 0.15) is 34.8 Å². The van der Waals surface area contributed by atoms with Crippen LogP contribution in [-0.2, 0) is 23.1 Å². The number of benzene rings is 1. The Labute approximate surface area is 161 Å². The molecule has 0 bridgehead atoms. The van der Waals surface area contributed by atoms with Crippen molar-refractivity contribution in [2.24, 2.45) is 7.05 Å². The van der Waals surface area contributed by atoms with Crippen LogP contribution >= 0.6 is 0 Å². The lowest BCUT2D eigenvalue weighted by Crippen LogP contribution is -2.33. The first-order valence-electron chi connectivity index (χ1n) is 8.91. The van der Waals surface area contributed by atoms with Crippen molar-refractivity contribution in [1.82, 2.24) is 20.1 Å². The molecule has 1 atom stereocenters. The number of rotatable bonds is 6. The van der Waals surface area contributed by atoms with Gasteiger partial charge in [-0.05, 0) is 37.0 Å². The molecule has 0 radical (unpaired) electrons. The first-order valence-corrected chi connectivity index (χ1v) is 8.91. The maximum Gasteiger partial charge on any atom is 0.330 e. The van der Waals surface area contributed by atoms with Crippen molar-refractivity contribution in [1.29, 1.82) is 0 Å². The number of hydrogen-bond acceptors (Lipinski definition) is 4. The van der Waals surface area contributed by atoms with Crippen molar-refractivity contribution in [2.75, 3.05) is 0 Å². The fraction of sp³-hybridized carbons (Fsp3) is 0.300. The van der Waals surface area contributed by atoms with E-state index in [1.807, 2.05) is 13.8 Å². The number of nitrogens with one attached hydrogen (secondary N) is 2. The maximum atomic E-state index is 12.4. The first-order chi connectivity index (χ1) is 13.3. The summed E-state index contributed by atoms with van der Waals surface area (Å²) < 4.78 is 1.57. The molecule has 2 aromatic heterocycles. The minimum Gasteiger partial charge on any atom is -0.479 e. The number of nitrogens with zero attached hydrogens (tertiary/aromatic N) is 2. The third-order valence-electron chi connectivity index (χ3n) is 4.86. The molecule has 0 spiro atoms. The molecular formula is C20H22N4O4. The van der Waals surface area contributed by atoms with E-state index in [2.05, 4.69) is 15.4 Å². The summed E-state index contributed by atoms with van der Waals surface area (Å²) in [5, 5.41) is 15.2. The number of carboxylic acid groups (broad SMARTS) is 1. The summed E-state index contributed by atoms with van der Waals surface area (Å²) in [6.07, 6.45) is 0.456. The first kappa shape index (κ1) is 19.3. The second-order valence-electron chi connectivity index (χ2n) is 6.75. The van der Waals surface area contributed by atoms with Gasteiger partial charge in [0, 0.05) is 19.2 Å². The second kappa shape index (κ2) is 7.67. The highest BCUT2D eigenvalue weighted by Gasteiger charge is 2.22. The average Bonchev–Trinajstić information content (AvgIpc) is 2.93. The lowest BCUT2D eigenvalue weighted by Gasteiger charge is -2.15. The van der Waals surface area contributed by atoms with E-state index in [0.29, 0.717) is 23.0 Å². The van der Waals surface area contributed by atoms with E-state index in [0.717, 1.165) is 16.8 Å². The van der Waals surface area contributed by atoms with Crippen molar-refractivity contribution in [3.8, 4) is 0 Å². The van der Waals surface area contributed by atoms with Gasteiger partial charge in [-0.15, -0.1) is 0 Å². The van der Waals surface area contributed by atoms with Gasteiger partial charge in [0.15, 0.2) is 11.7 Å². The number of aromatic amines is 1. The smallest absolute Gasteiger partial charge is 0.330 e. The summed E-state index contributed by atoms with van der Waals surface area (Å²) in [4.78, 5) is 40.5. The van der Waals surface area contributed by atoms with Gasteiger partial charge in [0.1, 0.15) is 0 Å². The Kier molecular flexibility index (Phi) is 5.30. The molecule has 3 rings (SSSR count). The molecule has 0 saturated heterocycles. The van der Waals surface area contributed by atoms with Crippen molar-refractivity contribution >= 4 is 22.9 Å². The monoisotopic (exact) mass is 382 g/mol. The van der Waals surface area contributed by atoms with Crippen molar-refractivity contribution in [3.63, 3.8) is 0 Å². The summed E-state index contributed by atoms with van der Waals surface area (Å²) in [5.41, 5.74) is 3.22. The Morgan fingerprint density at radius 3 is 2.57 bits per heavy atom. The van der Waals surface area contributed by atoms with Gasteiger partial charge in [0.2, 0.25) is 5.91 Å². The van der Waals surface area contributed by atoms with Crippen LogP contribution in [0.4, 0.5) is 0 Å². The molecule has 0 aliphatic carbocycles. The van der Waals surface area contributed by atoms with Crippen LogP contribution in [0, 0.1) is 13.8 Å². The summed E-state index contributed by atoms with van der Waals surface area (Å²) in [6.45, 7) is 3.67. The molecule has 3 N–H and O–H groups in total. The molecule has 1 amide bonds. The number of pyridine rings is 1. The quantitative estimate of drug-likeness (QED) is 0.600. The molecule has 0 aliphatic heterocycles. The zero-order valence-corrected chi connectivity index (χ0v) is 15.9. The predicted molar refractivity (Wildman–Crippen MR) is 104 cm³/mol. The molecule has 8 nitrogen and oxygen atoms in total. The third kappa shape index (κ3) is 3.66. The zero-order valence-electron chi connectivity index (χ0n) is 15.9. The largest absolute Gasteiger partial charge is 0.479 e. The standard InChI is InChI=1S/C20H22N4O4/c1-11-14(12(2)21-18-16(11)19(26)23-24(18)3)9-10-15(25)22-17(20(27)28)13-7-5-4-6-8-13/h4-8,17H,9-10H2,1-3H3,(H,22,25)(H,23,26)(H,27,28)/t17-/m1/s1. The van der Waals surface area contributed by atoms with Gasteiger partial charge in [-0.3, -0.25) is 19.4 Å². The molecule has 146 valence electrons. The highest BCUT2D eigenvalue weighted by Crippen LogP contribution is 2.21. The molecule has 8 heteroatoms. The van der Waals surface area contributed by atoms with Gasteiger partial charge in [0.25, 0.3) is 5.56 Å². The van der Waals surface area contributed by atoms with E-state index in [-0.39, 0.29) is 17.9 Å².